The van der Waals surface area contributed by atoms with Crippen LogP contribution in [0.1, 0.15) is 20.8 Å². The molecule has 6 heteroatoms. The maximum absolute atomic E-state index is 14.7. The monoisotopic (exact) mass is 383 g/mol. The van der Waals surface area contributed by atoms with E-state index in [4.69, 9.17) is 9.15 Å². The van der Waals surface area contributed by atoms with Crippen LogP contribution in [-0.2, 0) is 4.79 Å². The van der Waals surface area contributed by atoms with Gasteiger partial charge in [0.25, 0.3) is 5.91 Å². The van der Waals surface area contributed by atoms with Crippen LogP contribution in [0.4, 0.5) is 4.39 Å². The fourth-order valence-corrected chi connectivity index (χ4v) is 3.14. The van der Waals surface area contributed by atoms with Crippen molar-refractivity contribution >= 4 is 16.9 Å². The SMILES string of the molecule is CCN(CC)C(=O)[C@@H](C)Oc1cc2oc(=O)cc(-c3ccccc3)c2cc1F. The van der Waals surface area contributed by atoms with Crippen molar-refractivity contribution in [2.45, 2.75) is 26.9 Å². The lowest BCUT2D eigenvalue weighted by molar-refractivity contribution is -0.137. The van der Waals surface area contributed by atoms with Gasteiger partial charge >= 0.3 is 5.63 Å². The van der Waals surface area contributed by atoms with Gasteiger partial charge in [-0.25, -0.2) is 9.18 Å². The molecule has 146 valence electrons. The first-order valence-electron chi connectivity index (χ1n) is 9.22. The maximum atomic E-state index is 14.7. The third-order valence-electron chi connectivity index (χ3n) is 4.61. The van der Waals surface area contributed by atoms with Gasteiger partial charge in [0, 0.05) is 30.6 Å². The Morgan fingerprint density at radius 1 is 1.14 bits per heavy atom. The number of hydrogen-bond acceptors (Lipinski definition) is 4. The predicted octanol–water partition coefficient (Wildman–Crippen LogP) is 4.23. The number of amides is 1. The molecule has 1 amide bonds. The van der Waals surface area contributed by atoms with E-state index in [0.717, 1.165) is 5.56 Å². The zero-order valence-electron chi connectivity index (χ0n) is 16.1. The van der Waals surface area contributed by atoms with Crippen molar-refractivity contribution in [3.05, 3.63) is 64.8 Å². The first-order valence-corrected chi connectivity index (χ1v) is 9.22. The predicted molar refractivity (Wildman–Crippen MR) is 106 cm³/mol. The molecule has 2 aromatic carbocycles. The van der Waals surface area contributed by atoms with E-state index < -0.39 is 17.5 Å². The number of carbonyl (C=O) groups is 1. The third-order valence-corrected chi connectivity index (χ3v) is 4.61. The highest BCUT2D eigenvalue weighted by atomic mass is 19.1. The minimum atomic E-state index is -0.865. The molecule has 0 saturated heterocycles. The number of likely N-dealkylation sites (N-methyl/N-ethyl adjacent to an activating group) is 1. The van der Waals surface area contributed by atoms with Crippen molar-refractivity contribution in [1.82, 2.24) is 4.90 Å². The van der Waals surface area contributed by atoms with Crippen molar-refractivity contribution in [2.75, 3.05) is 13.1 Å². The Bertz CT molecular complexity index is 1040. The van der Waals surface area contributed by atoms with Crippen LogP contribution in [-0.4, -0.2) is 30.0 Å². The fourth-order valence-electron chi connectivity index (χ4n) is 3.14. The summed E-state index contributed by atoms with van der Waals surface area (Å²) in [5, 5.41) is 0.457. The number of nitrogens with zero attached hydrogens (tertiary/aromatic N) is 1. The van der Waals surface area contributed by atoms with E-state index in [1.807, 2.05) is 44.2 Å². The molecule has 0 spiro atoms. The van der Waals surface area contributed by atoms with Crippen LogP contribution < -0.4 is 10.4 Å². The quantitative estimate of drug-likeness (QED) is 0.598. The Morgan fingerprint density at radius 2 is 1.82 bits per heavy atom. The number of hydrogen-bond donors (Lipinski definition) is 0. The first kappa shape index (κ1) is 19.6. The Labute approximate surface area is 162 Å². The number of fused-ring (bicyclic) bond motifs is 1. The normalized spacial score (nSPS) is 12.0. The molecule has 0 aliphatic carbocycles. The largest absolute Gasteiger partial charge is 0.478 e. The molecule has 1 heterocycles. The molecule has 1 atom stereocenters. The van der Waals surface area contributed by atoms with Crippen molar-refractivity contribution in [1.29, 1.82) is 0 Å². The van der Waals surface area contributed by atoms with Gasteiger partial charge in [-0.3, -0.25) is 4.79 Å². The third kappa shape index (κ3) is 3.91. The molecular formula is C22H22FNO4. The average molecular weight is 383 g/mol. The highest BCUT2D eigenvalue weighted by Gasteiger charge is 2.22. The Balaban J connectivity index is 2.02. The molecule has 0 N–H and O–H groups in total. The topological polar surface area (TPSA) is 59.8 Å². The molecule has 3 aromatic rings. The van der Waals surface area contributed by atoms with Crippen LogP contribution in [0.5, 0.6) is 5.75 Å². The summed E-state index contributed by atoms with van der Waals surface area (Å²) in [4.78, 5) is 26.0. The standard InChI is InChI=1S/C22H22FNO4/c1-4-24(5-2)22(26)14(3)27-20-13-19-17(11-18(20)23)16(12-21(25)28-19)15-9-7-6-8-10-15/h6-14H,4-5H2,1-3H3/t14-/m1/s1. The van der Waals surface area contributed by atoms with Crippen LogP contribution in [0, 0.1) is 5.82 Å². The van der Waals surface area contributed by atoms with Gasteiger partial charge in [-0.1, -0.05) is 30.3 Å². The summed E-state index contributed by atoms with van der Waals surface area (Å²) in [5.74, 6) is -0.990. The zero-order valence-corrected chi connectivity index (χ0v) is 16.1. The second-order valence-corrected chi connectivity index (χ2v) is 6.39. The van der Waals surface area contributed by atoms with Crippen molar-refractivity contribution in [3.63, 3.8) is 0 Å². The summed E-state index contributed by atoms with van der Waals surface area (Å²) in [6.45, 7) is 6.38. The Kier molecular flexibility index (Phi) is 5.78. The van der Waals surface area contributed by atoms with Crippen molar-refractivity contribution < 1.29 is 18.3 Å². The molecule has 0 aliphatic heterocycles. The zero-order chi connectivity index (χ0) is 20.3. The molecule has 0 aliphatic rings. The minimum absolute atomic E-state index is 0.131. The van der Waals surface area contributed by atoms with Crippen LogP contribution in [0.15, 0.2) is 57.7 Å². The van der Waals surface area contributed by atoms with Crippen molar-refractivity contribution in [2.24, 2.45) is 0 Å². The van der Waals surface area contributed by atoms with Gasteiger partial charge < -0.3 is 14.1 Å². The van der Waals surface area contributed by atoms with Gasteiger partial charge in [-0.2, -0.15) is 0 Å². The summed E-state index contributed by atoms with van der Waals surface area (Å²) in [7, 11) is 0. The van der Waals surface area contributed by atoms with Gasteiger partial charge in [0.05, 0.1) is 0 Å². The average Bonchev–Trinajstić information content (AvgIpc) is 2.69. The molecule has 1 aromatic heterocycles. The van der Waals surface area contributed by atoms with Crippen LogP contribution in [0.2, 0.25) is 0 Å². The van der Waals surface area contributed by atoms with E-state index in [-0.39, 0.29) is 17.2 Å². The van der Waals surface area contributed by atoms with Gasteiger partial charge in [0.15, 0.2) is 17.7 Å². The molecule has 0 fully saturated rings. The highest BCUT2D eigenvalue weighted by Crippen LogP contribution is 2.32. The van der Waals surface area contributed by atoms with E-state index in [1.165, 1.54) is 18.2 Å². The lowest BCUT2D eigenvalue weighted by Crippen LogP contribution is -2.40. The van der Waals surface area contributed by atoms with Gasteiger partial charge in [-0.05, 0) is 38.0 Å². The van der Waals surface area contributed by atoms with E-state index in [9.17, 15) is 14.0 Å². The second kappa shape index (κ2) is 8.25. The van der Waals surface area contributed by atoms with Crippen LogP contribution in [0.25, 0.3) is 22.1 Å². The Morgan fingerprint density at radius 3 is 2.46 bits per heavy atom. The lowest BCUT2D eigenvalue weighted by Gasteiger charge is -2.23. The second-order valence-electron chi connectivity index (χ2n) is 6.39. The molecule has 0 saturated carbocycles. The molecule has 5 nitrogen and oxygen atoms in total. The smallest absolute Gasteiger partial charge is 0.336 e. The summed E-state index contributed by atoms with van der Waals surface area (Å²) < 4.78 is 25.5. The van der Waals surface area contributed by atoms with E-state index in [1.54, 1.807) is 11.8 Å². The van der Waals surface area contributed by atoms with Gasteiger partial charge in [-0.15, -0.1) is 0 Å². The lowest BCUT2D eigenvalue weighted by atomic mass is 10.0. The highest BCUT2D eigenvalue weighted by molar-refractivity contribution is 5.94. The molecule has 0 radical (unpaired) electrons. The molecular weight excluding hydrogens is 361 g/mol. The van der Waals surface area contributed by atoms with E-state index >= 15 is 0 Å². The number of carbonyl (C=O) groups excluding carboxylic acids is 1. The molecule has 28 heavy (non-hydrogen) atoms. The van der Waals surface area contributed by atoms with Crippen LogP contribution in [0.3, 0.4) is 0 Å². The van der Waals surface area contributed by atoms with E-state index in [2.05, 4.69) is 0 Å². The number of benzene rings is 2. The minimum Gasteiger partial charge on any atom is -0.478 e. The summed E-state index contributed by atoms with van der Waals surface area (Å²) >= 11 is 0. The molecule has 0 unspecified atom stereocenters. The molecule has 3 rings (SSSR count). The van der Waals surface area contributed by atoms with Crippen molar-refractivity contribution in [3.8, 4) is 16.9 Å². The van der Waals surface area contributed by atoms with Gasteiger partial charge in [0.2, 0.25) is 0 Å². The van der Waals surface area contributed by atoms with Gasteiger partial charge in [0.1, 0.15) is 5.58 Å². The summed E-state index contributed by atoms with van der Waals surface area (Å²) in [6, 6.07) is 13.1. The number of rotatable bonds is 6. The number of ether oxygens (including phenoxy) is 1. The maximum Gasteiger partial charge on any atom is 0.336 e. The summed E-state index contributed by atoms with van der Waals surface area (Å²) in [5.41, 5.74) is 1.00. The number of halogens is 1. The summed E-state index contributed by atoms with van der Waals surface area (Å²) in [6.07, 6.45) is -0.865. The Hall–Kier alpha value is -3.15. The van der Waals surface area contributed by atoms with Crippen LogP contribution >= 0.6 is 0 Å². The van der Waals surface area contributed by atoms with E-state index in [0.29, 0.717) is 24.0 Å². The fraction of sp³-hybridized carbons (Fsp3) is 0.273. The molecule has 0 bridgehead atoms. The first-order chi connectivity index (χ1) is 13.4.